The van der Waals surface area contributed by atoms with Crippen LogP contribution in [0.2, 0.25) is 0 Å². The van der Waals surface area contributed by atoms with Crippen LogP contribution >= 0.6 is 7.82 Å². The van der Waals surface area contributed by atoms with Crippen LogP contribution in [0.25, 0.3) is 0 Å². The number of phosphoric acid groups is 1. The van der Waals surface area contributed by atoms with Gasteiger partial charge >= 0.3 is 25.7 Å². The zero-order valence-electron chi connectivity index (χ0n) is 45.5. The van der Waals surface area contributed by atoms with Gasteiger partial charge in [-0.25, -0.2) is 4.57 Å². The Morgan fingerprint density at radius 3 is 1.07 bits per heavy atom. The van der Waals surface area contributed by atoms with Gasteiger partial charge in [0.1, 0.15) is 12.7 Å². The fourth-order valence-corrected chi connectivity index (χ4v) is 7.19. The van der Waals surface area contributed by atoms with E-state index in [9.17, 15) is 28.9 Å². The van der Waals surface area contributed by atoms with Crippen LogP contribution < -0.4 is 0 Å². The molecule has 0 aliphatic carbocycles. The van der Waals surface area contributed by atoms with Gasteiger partial charge in [-0.2, -0.15) is 0 Å². The third-order valence-electron chi connectivity index (χ3n) is 10.5. The van der Waals surface area contributed by atoms with E-state index in [4.69, 9.17) is 23.3 Å². The van der Waals surface area contributed by atoms with Crippen LogP contribution in [0.15, 0.2) is 158 Å². The quantitative estimate of drug-likeness (QED) is 0.0197. The molecule has 0 aromatic carbocycles. The molecule has 3 atom stereocenters. The first-order valence-corrected chi connectivity index (χ1v) is 28.9. The summed E-state index contributed by atoms with van der Waals surface area (Å²) in [6.07, 6.45) is 71.0. The predicted molar refractivity (Wildman–Crippen MR) is 306 cm³/mol. The SMILES string of the molecule is CC/C=C\C/C=C\C/C=C\C/C=C\C/C=C\C/C=C\CCC(=O)OC(COC(=O)CCCCCCC/C=C\C/C=C\C/C=C\CC)COP(=O)(O)OCC(CO)OC(=O)CC/C=C\C/C=C\C/C=C\C/C=C\CC. The summed E-state index contributed by atoms with van der Waals surface area (Å²) in [6.45, 7) is 4.07. The van der Waals surface area contributed by atoms with Crippen molar-refractivity contribution in [2.24, 2.45) is 0 Å². The smallest absolute Gasteiger partial charge is 0.462 e. The summed E-state index contributed by atoms with van der Waals surface area (Å²) >= 11 is 0. The lowest BCUT2D eigenvalue weighted by atomic mass is 10.1. The Morgan fingerprint density at radius 2 is 0.689 bits per heavy atom. The third kappa shape index (κ3) is 52.0. The number of esters is 3. The molecule has 0 amide bonds. The average Bonchev–Trinajstić information content (AvgIpc) is 3.39. The average molecular weight is 1050 g/mol. The lowest BCUT2D eigenvalue weighted by Gasteiger charge is -2.21. The number of hydrogen-bond donors (Lipinski definition) is 2. The molecule has 0 aliphatic heterocycles. The van der Waals surface area contributed by atoms with Crippen LogP contribution in [0.4, 0.5) is 0 Å². The van der Waals surface area contributed by atoms with Crippen molar-refractivity contribution in [1.29, 1.82) is 0 Å². The Labute approximate surface area is 447 Å². The highest BCUT2D eigenvalue weighted by molar-refractivity contribution is 7.47. The summed E-state index contributed by atoms with van der Waals surface area (Å²) in [5, 5.41) is 9.78. The van der Waals surface area contributed by atoms with Gasteiger partial charge in [0.25, 0.3) is 0 Å². The second kappa shape index (κ2) is 54.4. The molecule has 3 unspecified atom stereocenters. The van der Waals surface area contributed by atoms with Crippen molar-refractivity contribution in [3.8, 4) is 0 Å². The van der Waals surface area contributed by atoms with E-state index in [1.54, 1.807) is 0 Å². The maximum atomic E-state index is 12.9. The maximum absolute atomic E-state index is 12.9. The highest BCUT2D eigenvalue weighted by atomic mass is 31.2. The van der Waals surface area contributed by atoms with Gasteiger partial charge < -0.3 is 24.2 Å². The minimum Gasteiger partial charge on any atom is -0.462 e. The van der Waals surface area contributed by atoms with Crippen molar-refractivity contribution >= 4 is 25.7 Å². The molecule has 0 heterocycles. The molecule has 12 heteroatoms. The van der Waals surface area contributed by atoms with E-state index in [2.05, 4.69) is 148 Å². The zero-order chi connectivity index (χ0) is 54.1. The highest BCUT2D eigenvalue weighted by Crippen LogP contribution is 2.43. The number of unbranched alkanes of at least 4 members (excludes halogenated alkanes) is 5. The minimum atomic E-state index is -4.80. The van der Waals surface area contributed by atoms with Crippen molar-refractivity contribution in [1.82, 2.24) is 0 Å². The number of carbonyl (C=O) groups excluding carboxylic acids is 3. The largest absolute Gasteiger partial charge is 0.472 e. The molecule has 11 nitrogen and oxygen atoms in total. The number of rotatable bonds is 48. The van der Waals surface area contributed by atoms with E-state index in [-0.39, 0.29) is 19.3 Å². The molecule has 0 saturated carbocycles. The molecule has 0 aromatic heterocycles. The number of ether oxygens (including phenoxy) is 3. The van der Waals surface area contributed by atoms with E-state index in [1.165, 1.54) is 0 Å². The number of hydrogen-bond acceptors (Lipinski definition) is 10. The van der Waals surface area contributed by atoms with Gasteiger partial charge in [0.05, 0.1) is 19.8 Å². The number of aliphatic hydroxyl groups excluding tert-OH is 1. The number of allylic oxidation sites excluding steroid dienone is 26. The zero-order valence-corrected chi connectivity index (χ0v) is 46.4. The summed E-state index contributed by atoms with van der Waals surface area (Å²) in [4.78, 5) is 48.4. The Bertz CT molecular complexity index is 1840. The van der Waals surface area contributed by atoms with Crippen LogP contribution in [0.3, 0.4) is 0 Å². The van der Waals surface area contributed by atoms with Crippen LogP contribution in [-0.4, -0.2) is 66.5 Å². The van der Waals surface area contributed by atoms with Gasteiger partial charge in [-0.05, 0) is 116 Å². The molecule has 0 saturated heterocycles. The molecule has 0 bridgehead atoms. The summed E-state index contributed by atoms with van der Waals surface area (Å²) in [5.74, 6) is -1.70. The standard InChI is InChI=1S/C62H95O11P/c1-4-7-10-13-16-19-22-25-27-28-29-30-32-35-38-41-44-47-50-53-62(66)73-59(55-69-60(64)51-48-45-42-39-36-34-31-26-23-20-17-14-11-8-5-2)57-71-74(67,68)70-56-58(54-63)72-61(65)52-49-46-43-40-37-33-24-21-18-15-12-9-6-3/h7-12,16-21,25-27,29-31,33,35,37-38,43-44,46-47,58-59,63H,4-6,13-15,22-24,28,32,34,36,39-42,45,48-57H2,1-3H3,(H,67,68)/b10-7-,11-8-,12-9-,19-16-,20-17-,21-18-,27-25-,30-29-,31-26-,37-33-,38-35-,46-43-,47-44-. The Hall–Kier alpha value is -4.90. The van der Waals surface area contributed by atoms with Crippen molar-refractivity contribution < 1.29 is 52.2 Å². The molecular weight excluding hydrogens is 952 g/mol. The number of carbonyl (C=O) groups is 3. The van der Waals surface area contributed by atoms with E-state index in [0.717, 1.165) is 109 Å². The molecule has 0 aliphatic rings. The predicted octanol–water partition coefficient (Wildman–Crippen LogP) is 16.1. The van der Waals surface area contributed by atoms with Gasteiger partial charge in [-0.1, -0.05) is 198 Å². The molecule has 0 spiro atoms. The van der Waals surface area contributed by atoms with Crippen molar-refractivity contribution in [3.63, 3.8) is 0 Å². The van der Waals surface area contributed by atoms with Crippen LogP contribution in [-0.2, 0) is 42.2 Å². The summed E-state index contributed by atoms with van der Waals surface area (Å²) in [5.41, 5.74) is 0. The van der Waals surface area contributed by atoms with Crippen molar-refractivity contribution in [2.75, 3.05) is 26.4 Å². The van der Waals surface area contributed by atoms with Crippen LogP contribution in [0.5, 0.6) is 0 Å². The van der Waals surface area contributed by atoms with Gasteiger partial charge in [0.2, 0.25) is 0 Å². The number of aliphatic hydroxyl groups is 1. The van der Waals surface area contributed by atoms with Gasteiger partial charge in [-0.15, -0.1) is 0 Å². The highest BCUT2D eigenvalue weighted by Gasteiger charge is 2.28. The molecule has 74 heavy (non-hydrogen) atoms. The molecule has 0 radical (unpaired) electrons. The van der Waals surface area contributed by atoms with E-state index in [1.807, 2.05) is 30.4 Å². The van der Waals surface area contributed by atoms with Crippen molar-refractivity contribution in [3.05, 3.63) is 158 Å². The molecule has 0 aromatic rings. The number of phosphoric ester groups is 1. The van der Waals surface area contributed by atoms with Crippen molar-refractivity contribution in [2.45, 2.75) is 187 Å². The molecule has 0 rings (SSSR count). The topological polar surface area (TPSA) is 155 Å². The first-order valence-electron chi connectivity index (χ1n) is 27.4. The van der Waals surface area contributed by atoms with Gasteiger partial charge in [0, 0.05) is 19.3 Å². The summed E-state index contributed by atoms with van der Waals surface area (Å²) in [7, 11) is -4.80. The van der Waals surface area contributed by atoms with Crippen LogP contribution in [0, 0.1) is 0 Å². The molecule has 2 N–H and O–H groups in total. The molecule has 414 valence electrons. The summed E-state index contributed by atoms with van der Waals surface area (Å²) in [6, 6.07) is 0. The fourth-order valence-electron chi connectivity index (χ4n) is 6.41. The monoisotopic (exact) mass is 1050 g/mol. The second-order valence-corrected chi connectivity index (χ2v) is 18.7. The normalized spacial score (nSPS) is 14.6. The third-order valence-corrected chi connectivity index (χ3v) is 11.4. The van der Waals surface area contributed by atoms with E-state index < -0.39 is 64.4 Å². The molecular formula is C62H95O11P. The lowest BCUT2D eigenvalue weighted by Crippen LogP contribution is -2.30. The Balaban J connectivity index is 4.97. The van der Waals surface area contributed by atoms with Crippen LogP contribution in [0.1, 0.15) is 175 Å². The van der Waals surface area contributed by atoms with Gasteiger partial charge in [-0.3, -0.25) is 23.4 Å². The second-order valence-electron chi connectivity index (χ2n) is 17.2. The maximum Gasteiger partial charge on any atom is 0.472 e. The fraction of sp³-hybridized carbons (Fsp3) is 0.532. The first kappa shape index (κ1) is 69.1. The molecule has 0 fully saturated rings. The Morgan fingerprint density at radius 1 is 0.378 bits per heavy atom. The Kier molecular flexibility index (Phi) is 50.8. The lowest BCUT2D eigenvalue weighted by molar-refractivity contribution is -0.161. The van der Waals surface area contributed by atoms with Gasteiger partial charge in [0.15, 0.2) is 6.10 Å². The minimum absolute atomic E-state index is 0.0233. The summed E-state index contributed by atoms with van der Waals surface area (Å²) < 4.78 is 39.2. The van der Waals surface area contributed by atoms with E-state index >= 15 is 0 Å². The van der Waals surface area contributed by atoms with E-state index in [0.29, 0.717) is 25.7 Å². The first-order chi connectivity index (χ1) is 36.2.